The van der Waals surface area contributed by atoms with Crippen molar-refractivity contribution in [3.63, 3.8) is 0 Å². The molecule has 1 saturated heterocycles. The first kappa shape index (κ1) is 15.8. The van der Waals surface area contributed by atoms with Gasteiger partial charge in [0.05, 0.1) is 11.8 Å². The zero-order valence-electron chi connectivity index (χ0n) is 10.9. The minimum Gasteiger partial charge on any atom is -0.481 e. The smallest absolute Gasteiger partial charge is 0.394 e. The molecule has 1 rings (SSSR count). The van der Waals surface area contributed by atoms with E-state index in [1.54, 1.807) is 13.8 Å². The number of rotatable bonds is 4. The molecule has 2 atom stereocenters. The van der Waals surface area contributed by atoms with E-state index in [1.807, 2.05) is 0 Å². The van der Waals surface area contributed by atoms with Crippen molar-refractivity contribution in [2.75, 3.05) is 13.1 Å². The number of nitrogens with zero attached hydrogens (tertiary/aromatic N) is 1. The molecule has 0 unspecified atom stereocenters. The first-order valence-electron chi connectivity index (χ1n) is 6.30. The molecular weight excluding hydrogens is 263 g/mol. The van der Waals surface area contributed by atoms with E-state index in [9.17, 15) is 22.8 Å². The normalized spacial score (nSPS) is 24.0. The average Bonchev–Trinajstić information content (AvgIpc) is 2.74. The van der Waals surface area contributed by atoms with Crippen LogP contribution >= 0.6 is 0 Å². The Hall–Kier alpha value is -1.27. The summed E-state index contributed by atoms with van der Waals surface area (Å²) >= 11 is 0. The molecule has 0 bridgehead atoms. The lowest BCUT2D eigenvalue weighted by Crippen LogP contribution is -2.35. The van der Waals surface area contributed by atoms with Gasteiger partial charge in [0.25, 0.3) is 0 Å². The van der Waals surface area contributed by atoms with Gasteiger partial charge in [-0.05, 0) is 12.8 Å². The number of hydrogen-bond donors (Lipinski definition) is 1. The van der Waals surface area contributed by atoms with Gasteiger partial charge in [0.1, 0.15) is 0 Å². The Morgan fingerprint density at radius 3 is 2.11 bits per heavy atom. The minimum absolute atomic E-state index is 0.332. The van der Waals surface area contributed by atoms with Crippen LogP contribution in [0.5, 0.6) is 0 Å². The third-order valence-corrected chi connectivity index (χ3v) is 3.70. The molecule has 0 aliphatic carbocycles. The van der Waals surface area contributed by atoms with Crippen LogP contribution in [0.15, 0.2) is 0 Å². The van der Waals surface area contributed by atoms with E-state index in [0.29, 0.717) is 12.8 Å². The second-order valence-electron chi connectivity index (χ2n) is 4.85. The Balaban J connectivity index is 2.86. The van der Waals surface area contributed by atoms with Crippen LogP contribution in [0, 0.1) is 17.8 Å². The Labute approximate surface area is 109 Å². The highest BCUT2D eigenvalue weighted by atomic mass is 19.4. The maximum Gasteiger partial charge on any atom is 0.394 e. The fourth-order valence-electron chi connectivity index (χ4n) is 2.46. The largest absolute Gasteiger partial charge is 0.481 e. The molecule has 19 heavy (non-hydrogen) atoms. The number of halogens is 3. The standard InChI is InChI=1S/C12H18F3NO3/c1-3-7(4-2)10(17)16-5-8(11(18)19)9(6-16)12(13,14)15/h7-9H,3-6H2,1-2H3,(H,18,19)/t8-,9-/m1/s1. The number of carbonyl (C=O) groups is 2. The van der Waals surface area contributed by atoms with E-state index < -0.39 is 30.5 Å². The molecule has 4 nitrogen and oxygen atoms in total. The van der Waals surface area contributed by atoms with Gasteiger partial charge in [-0.2, -0.15) is 13.2 Å². The molecule has 0 aromatic rings. The molecule has 0 spiro atoms. The molecule has 1 aliphatic rings. The lowest BCUT2D eigenvalue weighted by molar-refractivity contribution is -0.188. The SMILES string of the molecule is CCC(CC)C(=O)N1C[C@@H](C(F)(F)F)[C@H](C(=O)O)C1. The molecule has 0 aromatic heterocycles. The summed E-state index contributed by atoms with van der Waals surface area (Å²) in [7, 11) is 0. The summed E-state index contributed by atoms with van der Waals surface area (Å²) in [6, 6.07) is 0. The summed E-state index contributed by atoms with van der Waals surface area (Å²) in [5, 5.41) is 8.86. The molecule has 1 amide bonds. The van der Waals surface area contributed by atoms with Crippen molar-refractivity contribution in [2.45, 2.75) is 32.9 Å². The molecule has 110 valence electrons. The highest BCUT2D eigenvalue weighted by molar-refractivity contribution is 5.81. The van der Waals surface area contributed by atoms with E-state index in [1.165, 1.54) is 0 Å². The molecule has 1 N–H and O–H groups in total. The third-order valence-electron chi connectivity index (χ3n) is 3.70. The zero-order chi connectivity index (χ0) is 14.8. The maximum atomic E-state index is 12.8. The lowest BCUT2D eigenvalue weighted by Gasteiger charge is -2.22. The van der Waals surface area contributed by atoms with Gasteiger partial charge in [-0.1, -0.05) is 13.8 Å². The number of carbonyl (C=O) groups excluding carboxylic acids is 1. The van der Waals surface area contributed by atoms with Crippen LogP contribution in [-0.2, 0) is 9.59 Å². The number of aliphatic carboxylic acids is 1. The van der Waals surface area contributed by atoms with Crippen LogP contribution in [0.2, 0.25) is 0 Å². The number of amides is 1. The van der Waals surface area contributed by atoms with Crippen LogP contribution in [0.25, 0.3) is 0 Å². The highest BCUT2D eigenvalue weighted by Gasteiger charge is 2.53. The van der Waals surface area contributed by atoms with Gasteiger partial charge in [0.15, 0.2) is 0 Å². The number of carboxylic acids is 1. The van der Waals surface area contributed by atoms with E-state index >= 15 is 0 Å². The fourth-order valence-corrected chi connectivity index (χ4v) is 2.46. The van der Waals surface area contributed by atoms with Crippen molar-refractivity contribution in [1.82, 2.24) is 4.90 Å². The summed E-state index contributed by atoms with van der Waals surface area (Å²) in [4.78, 5) is 24.0. The van der Waals surface area contributed by atoms with Gasteiger partial charge >= 0.3 is 12.1 Å². The first-order chi connectivity index (χ1) is 8.72. The van der Waals surface area contributed by atoms with E-state index in [0.717, 1.165) is 4.90 Å². The summed E-state index contributed by atoms with van der Waals surface area (Å²) < 4.78 is 38.3. The van der Waals surface area contributed by atoms with Crippen LogP contribution in [0.3, 0.4) is 0 Å². The molecule has 0 radical (unpaired) electrons. The van der Waals surface area contributed by atoms with E-state index in [-0.39, 0.29) is 18.4 Å². The van der Waals surface area contributed by atoms with Crippen molar-refractivity contribution in [1.29, 1.82) is 0 Å². The van der Waals surface area contributed by atoms with Crippen LogP contribution in [-0.4, -0.2) is 41.1 Å². The van der Waals surface area contributed by atoms with Crippen molar-refractivity contribution in [2.24, 2.45) is 17.8 Å². The first-order valence-corrected chi connectivity index (χ1v) is 6.30. The average molecular weight is 281 g/mol. The van der Waals surface area contributed by atoms with Crippen LogP contribution < -0.4 is 0 Å². The number of likely N-dealkylation sites (tertiary alicyclic amines) is 1. The predicted octanol–water partition coefficient (Wildman–Crippen LogP) is 2.14. The van der Waals surface area contributed by atoms with Crippen LogP contribution in [0.4, 0.5) is 13.2 Å². The van der Waals surface area contributed by atoms with Crippen molar-refractivity contribution in [3.05, 3.63) is 0 Å². The highest BCUT2D eigenvalue weighted by Crippen LogP contribution is 2.38. The molecule has 0 saturated carbocycles. The van der Waals surface area contributed by atoms with Gasteiger partial charge in [-0.3, -0.25) is 9.59 Å². The Kier molecular flexibility index (Phi) is 4.81. The Morgan fingerprint density at radius 1 is 1.26 bits per heavy atom. The molecule has 0 aromatic carbocycles. The summed E-state index contributed by atoms with van der Waals surface area (Å²) in [5.41, 5.74) is 0. The minimum atomic E-state index is -4.59. The molecular formula is C12H18F3NO3. The quantitative estimate of drug-likeness (QED) is 0.859. The van der Waals surface area contributed by atoms with Gasteiger partial charge in [-0.15, -0.1) is 0 Å². The zero-order valence-corrected chi connectivity index (χ0v) is 10.9. The van der Waals surface area contributed by atoms with Gasteiger partial charge in [0.2, 0.25) is 5.91 Å². The maximum absolute atomic E-state index is 12.8. The van der Waals surface area contributed by atoms with Gasteiger partial charge in [0, 0.05) is 19.0 Å². The predicted molar refractivity (Wildman–Crippen MR) is 61.3 cm³/mol. The lowest BCUT2D eigenvalue weighted by atomic mass is 9.96. The topological polar surface area (TPSA) is 57.6 Å². The molecule has 7 heteroatoms. The monoisotopic (exact) mass is 281 g/mol. The Bertz CT molecular complexity index is 353. The third kappa shape index (κ3) is 3.39. The van der Waals surface area contributed by atoms with Crippen molar-refractivity contribution in [3.8, 4) is 0 Å². The number of alkyl halides is 3. The fraction of sp³-hybridized carbons (Fsp3) is 0.833. The second kappa shape index (κ2) is 5.79. The van der Waals surface area contributed by atoms with Gasteiger partial charge in [-0.25, -0.2) is 0 Å². The van der Waals surface area contributed by atoms with E-state index in [4.69, 9.17) is 5.11 Å². The van der Waals surface area contributed by atoms with E-state index in [2.05, 4.69) is 0 Å². The molecule has 1 fully saturated rings. The van der Waals surface area contributed by atoms with Crippen molar-refractivity contribution >= 4 is 11.9 Å². The summed E-state index contributed by atoms with van der Waals surface area (Å²) in [6.45, 7) is 2.68. The van der Waals surface area contributed by atoms with Crippen molar-refractivity contribution < 1.29 is 27.9 Å². The Morgan fingerprint density at radius 2 is 1.79 bits per heavy atom. The van der Waals surface area contributed by atoms with Crippen LogP contribution in [0.1, 0.15) is 26.7 Å². The number of hydrogen-bond acceptors (Lipinski definition) is 2. The molecule has 1 heterocycles. The molecule has 1 aliphatic heterocycles. The summed E-state index contributed by atoms with van der Waals surface area (Å²) in [5.74, 6) is -5.73. The second-order valence-corrected chi connectivity index (χ2v) is 4.85. The van der Waals surface area contributed by atoms with Gasteiger partial charge < -0.3 is 10.0 Å². The number of carboxylic acid groups (broad SMARTS) is 1. The summed E-state index contributed by atoms with van der Waals surface area (Å²) in [6.07, 6.45) is -3.51.